The number of para-hydroxylation sites is 1. The number of nitrogens with zero attached hydrogens (tertiary/aromatic N) is 2. The van der Waals surface area contributed by atoms with E-state index >= 15 is 0 Å². The molecule has 1 heterocycles. The molecule has 0 aliphatic carbocycles. The van der Waals surface area contributed by atoms with Crippen LogP contribution in [0.1, 0.15) is 11.7 Å². The van der Waals surface area contributed by atoms with Gasteiger partial charge >= 0.3 is 0 Å². The average Bonchev–Trinajstić information content (AvgIpc) is 2.62. The maximum atomic E-state index is 13.1. The van der Waals surface area contributed by atoms with Crippen molar-refractivity contribution in [3.8, 4) is 0 Å². The Morgan fingerprint density at radius 2 is 1.84 bits per heavy atom. The number of ether oxygens (including phenoxy) is 1. The molecule has 25 heavy (non-hydrogen) atoms. The first-order valence-electron chi connectivity index (χ1n) is 7.50. The molecule has 0 amide bonds. The molecule has 7 nitrogen and oxygen atoms in total. The molecule has 2 aromatic carbocycles. The Balaban J connectivity index is 1.90. The lowest BCUT2D eigenvalue weighted by atomic mass is 10.1. The van der Waals surface area contributed by atoms with Crippen LogP contribution < -0.4 is 0 Å². The fourth-order valence-corrected chi connectivity index (χ4v) is 4.27. The highest BCUT2D eigenvalue weighted by atomic mass is 32.2. The van der Waals surface area contributed by atoms with Crippen LogP contribution in [-0.4, -0.2) is 37.3 Å². The maximum absolute atomic E-state index is 13.1. The molecule has 0 saturated carbocycles. The van der Waals surface area contributed by atoms with E-state index in [-0.39, 0.29) is 24.6 Å². The van der Waals surface area contributed by atoms with Crippen molar-refractivity contribution in [1.29, 1.82) is 0 Å². The van der Waals surface area contributed by atoms with Gasteiger partial charge in [-0.3, -0.25) is 10.1 Å². The molecule has 132 valence electrons. The largest absolute Gasteiger partial charge is 0.371 e. The van der Waals surface area contributed by atoms with E-state index in [0.29, 0.717) is 5.56 Å². The highest BCUT2D eigenvalue weighted by molar-refractivity contribution is 7.89. The third kappa shape index (κ3) is 3.53. The Morgan fingerprint density at radius 3 is 2.52 bits per heavy atom. The predicted molar refractivity (Wildman–Crippen MR) is 86.9 cm³/mol. The Morgan fingerprint density at radius 1 is 1.16 bits per heavy atom. The highest BCUT2D eigenvalue weighted by Crippen LogP contribution is 2.30. The number of hydrogen-bond donors (Lipinski definition) is 0. The molecule has 0 radical (unpaired) electrons. The normalized spacial score (nSPS) is 18.8. The predicted octanol–water partition coefficient (Wildman–Crippen LogP) is 2.50. The molecule has 3 rings (SSSR count). The molecule has 0 bridgehead atoms. The monoisotopic (exact) mass is 366 g/mol. The first-order chi connectivity index (χ1) is 11.9. The lowest BCUT2D eigenvalue weighted by Gasteiger charge is -2.32. The van der Waals surface area contributed by atoms with Crippen molar-refractivity contribution >= 4 is 15.7 Å². The molecule has 2 aromatic rings. The number of benzene rings is 2. The van der Waals surface area contributed by atoms with Crippen molar-refractivity contribution in [2.24, 2.45) is 0 Å². The Labute approximate surface area is 143 Å². The van der Waals surface area contributed by atoms with E-state index in [1.165, 1.54) is 42.5 Å². The van der Waals surface area contributed by atoms with Gasteiger partial charge in [0.25, 0.3) is 5.69 Å². The number of rotatable bonds is 4. The molecule has 1 atom stereocenters. The van der Waals surface area contributed by atoms with E-state index in [4.69, 9.17) is 4.74 Å². The summed E-state index contributed by atoms with van der Waals surface area (Å²) in [5.74, 6) is -0.399. The van der Waals surface area contributed by atoms with Crippen LogP contribution in [0.2, 0.25) is 0 Å². The summed E-state index contributed by atoms with van der Waals surface area (Å²) >= 11 is 0. The van der Waals surface area contributed by atoms with Gasteiger partial charge in [-0.2, -0.15) is 4.31 Å². The van der Waals surface area contributed by atoms with Crippen molar-refractivity contribution in [3.63, 3.8) is 0 Å². The fourth-order valence-electron chi connectivity index (χ4n) is 2.69. The van der Waals surface area contributed by atoms with Crippen LogP contribution in [0.3, 0.4) is 0 Å². The minimum atomic E-state index is -4.05. The summed E-state index contributed by atoms with van der Waals surface area (Å²) in [5, 5.41) is 11.1. The summed E-state index contributed by atoms with van der Waals surface area (Å²) in [6.45, 7) is 0.230. The van der Waals surface area contributed by atoms with Crippen molar-refractivity contribution in [2.75, 3.05) is 19.7 Å². The molecule has 1 fully saturated rings. The summed E-state index contributed by atoms with van der Waals surface area (Å²) in [4.78, 5) is 10.1. The smallest absolute Gasteiger partial charge is 0.289 e. The fraction of sp³-hybridized carbons (Fsp3) is 0.250. The highest BCUT2D eigenvalue weighted by Gasteiger charge is 2.35. The number of sulfonamides is 1. The molecule has 1 aliphatic heterocycles. The number of nitro groups is 1. The zero-order valence-corrected chi connectivity index (χ0v) is 13.9. The summed E-state index contributed by atoms with van der Waals surface area (Å²) in [5.41, 5.74) is 0.177. The Bertz CT molecular complexity index is 886. The van der Waals surface area contributed by atoms with E-state index in [9.17, 15) is 22.9 Å². The lowest BCUT2D eigenvalue weighted by Crippen LogP contribution is -2.42. The van der Waals surface area contributed by atoms with E-state index < -0.39 is 32.6 Å². The molecule has 9 heteroatoms. The van der Waals surface area contributed by atoms with Crippen LogP contribution in [0, 0.1) is 15.9 Å². The molecule has 0 spiro atoms. The molecule has 0 aromatic heterocycles. The van der Waals surface area contributed by atoms with E-state index in [2.05, 4.69) is 0 Å². The minimum Gasteiger partial charge on any atom is -0.371 e. The third-order valence-corrected chi connectivity index (χ3v) is 5.86. The van der Waals surface area contributed by atoms with Gasteiger partial charge in [0.05, 0.1) is 17.6 Å². The number of halogens is 1. The topological polar surface area (TPSA) is 89.8 Å². The second-order valence-corrected chi connectivity index (χ2v) is 7.41. The van der Waals surface area contributed by atoms with Crippen molar-refractivity contribution in [3.05, 3.63) is 70.0 Å². The summed E-state index contributed by atoms with van der Waals surface area (Å²) in [6, 6.07) is 10.8. The molecule has 0 N–H and O–H groups in total. The van der Waals surface area contributed by atoms with Crippen molar-refractivity contribution < 1.29 is 22.5 Å². The zero-order valence-electron chi connectivity index (χ0n) is 13.0. The van der Waals surface area contributed by atoms with E-state index in [0.717, 1.165) is 10.4 Å². The number of morpholine rings is 1. The minimum absolute atomic E-state index is 0.0000142. The first kappa shape index (κ1) is 17.5. The van der Waals surface area contributed by atoms with Gasteiger partial charge in [-0.05, 0) is 23.8 Å². The van der Waals surface area contributed by atoms with Gasteiger partial charge in [-0.1, -0.05) is 24.3 Å². The zero-order chi connectivity index (χ0) is 18.0. The lowest BCUT2D eigenvalue weighted by molar-refractivity contribution is -0.387. The molecular formula is C16H15FN2O5S. The molecular weight excluding hydrogens is 351 g/mol. The van der Waals surface area contributed by atoms with E-state index in [1.807, 2.05) is 0 Å². The van der Waals surface area contributed by atoms with Gasteiger partial charge in [-0.25, -0.2) is 12.8 Å². The van der Waals surface area contributed by atoms with Gasteiger partial charge < -0.3 is 4.74 Å². The van der Waals surface area contributed by atoms with Crippen LogP contribution in [0.5, 0.6) is 0 Å². The number of nitro benzene ring substituents is 1. The van der Waals surface area contributed by atoms with Gasteiger partial charge in [0, 0.05) is 19.2 Å². The van der Waals surface area contributed by atoms with Gasteiger partial charge in [0.2, 0.25) is 10.0 Å². The molecule has 0 unspecified atom stereocenters. The van der Waals surface area contributed by atoms with E-state index in [1.54, 1.807) is 0 Å². The van der Waals surface area contributed by atoms with Gasteiger partial charge in [0.1, 0.15) is 5.82 Å². The van der Waals surface area contributed by atoms with Crippen molar-refractivity contribution in [1.82, 2.24) is 4.31 Å². The second kappa shape index (κ2) is 6.87. The standard InChI is InChI=1S/C16H15FN2O5S/c17-13-7-5-12(6-8-13)15-11-18(9-10-24-15)25(22,23)16-4-2-1-3-14(16)19(20)21/h1-8,15H,9-11H2/t15-/m1/s1. The number of hydrogen-bond acceptors (Lipinski definition) is 5. The van der Waals surface area contributed by atoms with Crippen molar-refractivity contribution in [2.45, 2.75) is 11.0 Å². The van der Waals surface area contributed by atoms with Crippen LogP contribution in [0.25, 0.3) is 0 Å². The third-order valence-electron chi connectivity index (χ3n) is 3.95. The van der Waals surface area contributed by atoms with Crippen LogP contribution in [0.4, 0.5) is 10.1 Å². The first-order valence-corrected chi connectivity index (χ1v) is 8.94. The quantitative estimate of drug-likeness (QED) is 0.613. The Hall–Kier alpha value is -2.36. The summed E-state index contributed by atoms with van der Waals surface area (Å²) < 4.78 is 45.5. The van der Waals surface area contributed by atoms with Crippen LogP contribution in [0.15, 0.2) is 53.4 Å². The van der Waals surface area contributed by atoms with Gasteiger partial charge in [0.15, 0.2) is 4.90 Å². The maximum Gasteiger partial charge on any atom is 0.289 e. The summed E-state index contributed by atoms with van der Waals surface area (Å²) in [7, 11) is -4.05. The van der Waals surface area contributed by atoms with Crippen LogP contribution >= 0.6 is 0 Å². The second-order valence-electron chi connectivity index (χ2n) is 5.50. The summed E-state index contributed by atoms with van der Waals surface area (Å²) in [6.07, 6.45) is -0.563. The SMILES string of the molecule is O=[N+]([O-])c1ccccc1S(=O)(=O)N1CCO[C@@H](c2ccc(F)cc2)C1. The van der Waals surface area contributed by atoms with Crippen LogP contribution in [-0.2, 0) is 14.8 Å². The Kier molecular flexibility index (Phi) is 4.80. The molecule has 1 aliphatic rings. The van der Waals surface area contributed by atoms with Gasteiger partial charge in [-0.15, -0.1) is 0 Å². The molecule has 1 saturated heterocycles. The average molecular weight is 366 g/mol.